The molecule has 0 aromatic heterocycles. The van der Waals surface area contributed by atoms with Gasteiger partial charge in [-0.05, 0) is 13.8 Å². The van der Waals surface area contributed by atoms with Crippen molar-refractivity contribution in [3.8, 4) is 0 Å². The van der Waals surface area contributed by atoms with Crippen LogP contribution >= 0.6 is 28.3 Å². The van der Waals surface area contributed by atoms with E-state index in [9.17, 15) is 19.2 Å². The minimum Gasteiger partial charge on any atom is -0.353 e. The van der Waals surface area contributed by atoms with Gasteiger partial charge in [0.2, 0.25) is 23.6 Å². The highest BCUT2D eigenvalue weighted by atomic mass is 79.9. The van der Waals surface area contributed by atoms with E-state index in [1.54, 1.807) is 13.8 Å². The molecule has 0 aliphatic carbocycles. The van der Waals surface area contributed by atoms with Gasteiger partial charge < -0.3 is 27.0 Å². The van der Waals surface area contributed by atoms with Crippen molar-refractivity contribution in [3.63, 3.8) is 0 Å². The molecule has 0 atom stereocenters. The lowest BCUT2D eigenvalue weighted by atomic mass is 10.2. The van der Waals surface area contributed by atoms with Gasteiger partial charge in [0.05, 0.1) is 24.0 Å². The largest absolute Gasteiger partial charge is 0.353 e. The maximum absolute atomic E-state index is 11.5. The summed E-state index contributed by atoms with van der Waals surface area (Å²) in [5.41, 5.74) is 5.06. The summed E-state index contributed by atoms with van der Waals surface area (Å²) >= 11 is 3.21. The molecule has 0 aliphatic rings. The van der Waals surface area contributed by atoms with Crippen molar-refractivity contribution < 1.29 is 19.2 Å². The summed E-state index contributed by atoms with van der Waals surface area (Å²) < 4.78 is -0.668. The zero-order valence-electron chi connectivity index (χ0n) is 13.0. The second kappa shape index (κ2) is 12.1. The van der Waals surface area contributed by atoms with Crippen LogP contribution in [0.3, 0.4) is 0 Å². The molecular formula is C12H23BrClN5O4. The Labute approximate surface area is 149 Å². The Bertz CT molecular complexity index is 428. The van der Waals surface area contributed by atoms with Gasteiger partial charge in [-0.15, -0.1) is 12.4 Å². The summed E-state index contributed by atoms with van der Waals surface area (Å²) in [7, 11) is 0. The molecule has 23 heavy (non-hydrogen) atoms. The van der Waals surface area contributed by atoms with E-state index in [-0.39, 0.29) is 51.0 Å². The van der Waals surface area contributed by atoms with Gasteiger partial charge in [0.1, 0.15) is 0 Å². The molecule has 0 bridgehead atoms. The summed E-state index contributed by atoms with van der Waals surface area (Å²) in [6, 6.07) is 0. The van der Waals surface area contributed by atoms with E-state index in [0.717, 1.165) is 0 Å². The van der Waals surface area contributed by atoms with Gasteiger partial charge >= 0.3 is 0 Å². The van der Waals surface area contributed by atoms with Crippen LogP contribution in [-0.2, 0) is 19.2 Å². The van der Waals surface area contributed by atoms with Crippen LogP contribution in [0, 0.1) is 0 Å². The fourth-order valence-corrected chi connectivity index (χ4v) is 1.28. The van der Waals surface area contributed by atoms with Crippen LogP contribution in [0.2, 0.25) is 0 Å². The van der Waals surface area contributed by atoms with Crippen LogP contribution in [0.4, 0.5) is 0 Å². The smallest absolute Gasteiger partial charge is 0.239 e. The minimum atomic E-state index is -0.668. The molecule has 11 heteroatoms. The first-order valence-electron chi connectivity index (χ1n) is 6.64. The van der Waals surface area contributed by atoms with Crippen LogP contribution in [0.5, 0.6) is 0 Å². The monoisotopic (exact) mass is 415 g/mol. The first-order chi connectivity index (χ1) is 10.2. The number of halogens is 2. The first-order valence-corrected chi connectivity index (χ1v) is 7.43. The molecule has 0 rings (SSSR count). The number of hydrogen-bond acceptors (Lipinski definition) is 5. The fraction of sp³-hybridized carbons (Fsp3) is 0.667. The van der Waals surface area contributed by atoms with Crippen molar-refractivity contribution in [1.82, 2.24) is 21.3 Å². The molecule has 0 radical (unpaired) electrons. The number of nitrogens with one attached hydrogen (secondary N) is 4. The van der Waals surface area contributed by atoms with E-state index in [4.69, 9.17) is 5.73 Å². The lowest BCUT2D eigenvalue weighted by Gasteiger charge is -2.15. The summed E-state index contributed by atoms with van der Waals surface area (Å²) in [5.74, 6) is -1.53. The molecule has 0 saturated carbocycles. The predicted molar refractivity (Wildman–Crippen MR) is 91.3 cm³/mol. The standard InChI is InChI=1S/C12H22BrN5O4.ClH/c1-12(2,13)11(22)16-4-3-15-9(20)6-18-10(21)7-17-8(19)5-14;/h3-7,14H2,1-2H3,(H,15,20)(H,16,22)(H,17,19)(H,18,21);1H. The Hall–Kier alpha value is -1.39. The second-order valence-corrected chi connectivity index (χ2v) is 6.82. The molecule has 0 heterocycles. The number of carbonyl (C=O) groups is 4. The highest BCUT2D eigenvalue weighted by Crippen LogP contribution is 2.14. The first kappa shape index (κ1) is 23.9. The van der Waals surface area contributed by atoms with Crippen LogP contribution in [0.15, 0.2) is 0 Å². The number of nitrogens with two attached hydrogens (primary N) is 1. The molecule has 0 aromatic carbocycles. The molecule has 4 amide bonds. The molecule has 0 unspecified atom stereocenters. The van der Waals surface area contributed by atoms with E-state index in [1.807, 2.05) is 0 Å². The van der Waals surface area contributed by atoms with Crippen molar-refractivity contribution >= 4 is 52.0 Å². The Morgan fingerprint density at radius 3 is 1.78 bits per heavy atom. The molecular weight excluding hydrogens is 394 g/mol. The topological polar surface area (TPSA) is 142 Å². The average Bonchev–Trinajstić information content (AvgIpc) is 2.45. The summed E-state index contributed by atoms with van der Waals surface area (Å²) in [5, 5.41) is 9.77. The lowest BCUT2D eigenvalue weighted by Crippen LogP contribution is -2.45. The Morgan fingerprint density at radius 1 is 0.870 bits per heavy atom. The predicted octanol–water partition coefficient (Wildman–Crippen LogP) is -1.99. The number of alkyl halides is 1. The number of amides is 4. The summed E-state index contributed by atoms with van der Waals surface area (Å²) in [4.78, 5) is 45.0. The third kappa shape index (κ3) is 12.8. The Balaban J connectivity index is 0. The average molecular weight is 417 g/mol. The van der Waals surface area contributed by atoms with Gasteiger partial charge in [0.15, 0.2) is 0 Å². The lowest BCUT2D eigenvalue weighted by molar-refractivity contribution is -0.127. The van der Waals surface area contributed by atoms with Crippen LogP contribution < -0.4 is 27.0 Å². The van der Waals surface area contributed by atoms with Gasteiger partial charge in [-0.2, -0.15) is 0 Å². The Kier molecular flexibility index (Phi) is 12.5. The fourth-order valence-electron chi connectivity index (χ4n) is 1.14. The second-order valence-electron chi connectivity index (χ2n) is 4.84. The zero-order valence-corrected chi connectivity index (χ0v) is 15.4. The molecule has 0 saturated heterocycles. The van der Waals surface area contributed by atoms with Crippen LogP contribution in [0.1, 0.15) is 13.8 Å². The van der Waals surface area contributed by atoms with Gasteiger partial charge in [0.25, 0.3) is 0 Å². The van der Waals surface area contributed by atoms with Gasteiger partial charge in [-0.3, -0.25) is 19.2 Å². The highest BCUT2D eigenvalue weighted by molar-refractivity contribution is 9.10. The van der Waals surface area contributed by atoms with E-state index in [2.05, 4.69) is 37.2 Å². The number of rotatable bonds is 9. The maximum atomic E-state index is 11.5. The SMILES string of the molecule is CC(C)(Br)C(=O)NCCNC(=O)CNC(=O)CNC(=O)CN.Cl. The van der Waals surface area contributed by atoms with Crippen LogP contribution in [-0.4, -0.2) is 60.7 Å². The van der Waals surface area contributed by atoms with Crippen molar-refractivity contribution in [3.05, 3.63) is 0 Å². The van der Waals surface area contributed by atoms with Crippen LogP contribution in [0.25, 0.3) is 0 Å². The van der Waals surface area contributed by atoms with E-state index in [0.29, 0.717) is 0 Å². The van der Waals surface area contributed by atoms with Gasteiger partial charge in [0, 0.05) is 13.1 Å². The normalized spacial score (nSPS) is 10.1. The third-order valence-electron chi connectivity index (χ3n) is 2.35. The molecule has 0 aliphatic heterocycles. The van der Waals surface area contributed by atoms with E-state index < -0.39 is 22.0 Å². The molecule has 134 valence electrons. The molecule has 0 aromatic rings. The minimum absolute atomic E-state index is 0. The quantitative estimate of drug-likeness (QED) is 0.218. The Morgan fingerprint density at radius 2 is 1.30 bits per heavy atom. The highest BCUT2D eigenvalue weighted by Gasteiger charge is 2.22. The molecule has 9 nitrogen and oxygen atoms in total. The molecule has 6 N–H and O–H groups in total. The van der Waals surface area contributed by atoms with Gasteiger partial charge in [-0.1, -0.05) is 15.9 Å². The van der Waals surface area contributed by atoms with Crippen molar-refractivity contribution in [1.29, 1.82) is 0 Å². The molecule has 0 fully saturated rings. The molecule has 0 spiro atoms. The zero-order chi connectivity index (χ0) is 17.2. The number of hydrogen-bond donors (Lipinski definition) is 5. The van der Waals surface area contributed by atoms with E-state index >= 15 is 0 Å². The van der Waals surface area contributed by atoms with Gasteiger partial charge in [-0.25, -0.2) is 0 Å². The summed E-state index contributed by atoms with van der Waals surface area (Å²) in [6.07, 6.45) is 0. The van der Waals surface area contributed by atoms with E-state index in [1.165, 1.54) is 0 Å². The van der Waals surface area contributed by atoms with Crippen molar-refractivity contribution in [2.75, 3.05) is 32.7 Å². The van der Waals surface area contributed by atoms with Crippen molar-refractivity contribution in [2.45, 2.75) is 18.2 Å². The maximum Gasteiger partial charge on any atom is 0.239 e. The third-order valence-corrected chi connectivity index (χ3v) is 2.71. The summed E-state index contributed by atoms with van der Waals surface area (Å²) in [6.45, 7) is 3.28. The van der Waals surface area contributed by atoms with Crippen molar-refractivity contribution in [2.24, 2.45) is 5.73 Å². The number of carbonyl (C=O) groups excluding carboxylic acids is 4.